The van der Waals surface area contributed by atoms with E-state index in [1.54, 1.807) is 0 Å². The molecule has 0 fully saturated rings. The number of hydrogen-bond acceptors (Lipinski definition) is 5. The Kier molecular flexibility index (Phi) is 3.39. The Balaban J connectivity index is 3.36. The summed E-state index contributed by atoms with van der Waals surface area (Å²) in [6, 6.07) is -0.0188. The molecule has 0 saturated carbocycles. The SMILES string of the molecule is CC(C)Nc1nc(C(=O)O)[nH]c(=O)c1C=N. The molecule has 0 aliphatic carbocycles. The standard InChI is InChI=1S/C9H12N4O3/c1-4(2)11-6-5(3-10)8(14)13-7(12-6)9(15)16/h3-4,10H,1-2H3,(H,15,16)(H2,11,12,13,14). The highest BCUT2D eigenvalue weighted by atomic mass is 16.4. The second-order valence-corrected chi connectivity index (χ2v) is 3.43. The number of hydrogen-bond donors (Lipinski definition) is 4. The molecule has 0 atom stereocenters. The van der Waals surface area contributed by atoms with Gasteiger partial charge in [-0.05, 0) is 13.8 Å². The molecule has 0 aliphatic heterocycles. The fraction of sp³-hybridized carbons (Fsp3) is 0.333. The number of nitrogens with zero attached hydrogens (tertiary/aromatic N) is 1. The number of anilines is 1. The maximum atomic E-state index is 11.4. The average Bonchev–Trinajstić information content (AvgIpc) is 2.16. The Hall–Kier alpha value is -2.18. The molecule has 86 valence electrons. The van der Waals surface area contributed by atoms with E-state index in [4.69, 9.17) is 10.5 Å². The minimum atomic E-state index is -1.32. The van der Waals surface area contributed by atoms with E-state index in [1.807, 2.05) is 13.8 Å². The number of rotatable bonds is 4. The van der Waals surface area contributed by atoms with Crippen molar-refractivity contribution in [2.75, 3.05) is 5.32 Å². The Morgan fingerprint density at radius 1 is 1.62 bits per heavy atom. The topological polar surface area (TPSA) is 119 Å². The van der Waals surface area contributed by atoms with Crippen LogP contribution < -0.4 is 10.9 Å². The van der Waals surface area contributed by atoms with Gasteiger partial charge in [0.15, 0.2) is 0 Å². The molecule has 0 aromatic carbocycles. The first-order valence-corrected chi connectivity index (χ1v) is 4.60. The van der Waals surface area contributed by atoms with E-state index in [0.29, 0.717) is 0 Å². The van der Waals surface area contributed by atoms with Crippen LogP contribution in [0, 0.1) is 5.41 Å². The van der Waals surface area contributed by atoms with Gasteiger partial charge in [-0.25, -0.2) is 9.78 Å². The third kappa shape index (κ3) is 2.44. The maximum Gasteiger partial charge on any atom is 0.372 e. The van der Waals surface area contributed by atoms with Crippen LogP contribution in [0.15, 0.2) is 4.79 Å². The van der Waals surface area contributed by atoms with Gasteiger partial charge in [0.2, 0.25) is 5.82 Å². The molecular weight excluding hydrogens is 212 g/mol. The molecular formula is C9H12N4O3. The van der Waals surface area contributed by atoms with E-state index >= 15 is 0 Å². The first-order chi connectivity index (χ1) is 7.45. The van der Waals surface area contributed by atoms with Crippen molar-refractivity contribution in [3.8, 4) is 0 Å². The van der Waals surface area contributed by atoms with Crippen LogP contribution in [0.25, 0.3) is 0 Å². The highest BCUT2D eigenvalue weighted by molar-refractivity contribution is 5.87. The van der Waals surface area contributed by atoms with E-state index in [-0.39, 0.29) is 17.4 Å². The Bertz CT molecular complexity index is 478. The first kappa shape index (κ1) is 11.9. The van der Waals surface area contributed by atoms with Crippen LogP contribution in [0.4, 0.5) is 5.82 Å². The molecule has 1 aromatic heterocycles. The van der Waals surface area contributed by atoms with Crippen LogP contribution in [-0.4, -0.2) is 33.3 Å². The van der Waals surface area contributed by atoms with Gasteiger partial charge in [0.25, 0.3) is 5.56 Å². The number of aromatic carboxylic acids is 1. The van der Waals surface area contributed by atoms with Crippen LogP contribution in [0.1, 0.15) is 30.0 Å². The number of H-pyrrole nitrogens is 1. The van der Waals surface area contributed by atoms with E-state index in [9.17, 15) is 9.59 Å². The van der Waals surface area contributed by atoms with Gasteiger partial charge in [0.05, 0.1) is 5.56 Å². The van der Waals surface area contributed by atoms with Crippen molar-refractivity contribution in [1.29, 1.82) is 5.41 Å². The molecule has 0 saturated heterocycles. The van der Waals surface area contributed by atoms with Gasteiger partial charge in [-0.3, -0.25) is 4.79 Å². The highest BCUT2D eigenvalue weighted by Crippen LogP contribution is 2.07. The summed E-state index contributed by atoms with van der Waals surface area (Å²) in [5.41, 5.74) is -0.635. The smallest absolute Gasteiger partial charge is 0.372 e. The molecule has 7 heteroatoms. The Labute approximate surface area is 91.0 Å². The fourth-order valence-electron chi connectivity index (χ4n) is 1.10. The molecule has 1 rings (SSSR count). The van der Waals surface area contributed by atoms with Crippen LogP contribution >= 0.6 is 0 Å². The van der Waals surface area contributed by atoms with Crippen molar-refractivity contribution in [3.05, 3.63) is 21.7 Å². The van der Waals surface area contributed by atoms with E-state index in [2.05, 4.69) is 15.3 Å². The third-order valence-electron chi connectivity index (χ3n) is 1.73. The van der Waals surface area contributed by atoms with Crippen molar-refractivity contribution in [2.24, 2.45) is 0 Å². The highest BCUT2D eigenvalue weighted by Gasteiger charge is 2.14. The zero-order valence-corrected chi connectivity index (χ0v) is 8.87. The summed E-state index contributed by atoms with van der Waals surface area (Å²) in [7, 11) is 0. The zero-order valence-electron chi connectivity index (χ0n) is 8.87. The van der Waals surface area contributed by atoms with E-state index in [1.165, 1.54) is 0 Å². The summed E-state index contributed by atoms with van der Waals surface area (Å²) in [6.07, 6.45) is 0.835. The summed E-state index contributed by atoms with van der Waals surface area (Å²) in [4.78, 5) is 27.9. The molecule has 1 heterocycles. The number of nitrogens with one attached hydrogen (secondary N) is 3. The molecule has 16 heavy (non-hydrogen) atoms. The number of carboxylic acid groups (broad SMARTS) is 1. The van der Waals surface area contributed by atoms with Crippen molar-refractivity contribution in [3.63, 3.8) is 0 Å². The van der Waals surface area contributed by atoms with Crippen LogP contribution in [0.5, 0.6) is 0 Å². The molecule has 0 aliphatic rings. The predicted molar refractivity (Wildman–Crippen MR) is 58.5 cm³/mol. The quantitative estimate of drug-likeness (QED) is 0.548. The average molecular weight is 224 g/mol. The van der Waals surface area contributed by atoms with Gasteiger partial charge in [0, 0.05) is 12.3 Å². The number of aromatic nitrogens is 2. The maximum absolute atomic E-state index is 11.4. The lowest BCUT2D eigenvalue weighted by Gasteiger charge is -2.11. The minimum absolute atomic E-state index is 0.0127. The number of aromatic amines is 1. The molecule has 0 bridgehead atoms. The van der Waals surface area contributed by atoms with E-state index in [0.717, 1.165) is 6.21 Å². The van der Waals surface area contributed by atoms with Gasteiger partial charge in [0.1, 0.15) is 5.82 Å². The molecule has 0 spiro atoms. The number of carboxylic acids is 1. The largest absolute Gasteiger partial charge is 0.475 e. The second-order valence-electron chi connectivity index (χ2n) is 3.43. The summed E-state index contributed by atoms with van der Waals surface area (Å²) in [5.74, 6) is -1.66. The van der Waals surface area contributed by atoms with Crippen LogP contribution in [0.3, 0.4) is 0 Å². The summed E-state index contributed by atoms with van der Waals surface area (Å²) < 4.78 is 0. The molecule has 0 unspecified atom stereocenters. The van der Waals surface area contributed by atoms with Crippen molar-refractivity contribution in [2.45, 2.75) is 19.9 Å². The van der Waals surface area contributed by atoms with Gasteiger partial charge >= 0.3 is 5.97 Å². The molecule has 1 aromatic rings. The van der Waals surface area contributed by atoms with Gasteiger partial charge < -0.3 is 20.8 Å². The van der Waals surface area contributed by atoms with Gasteiger partial charge in [-0.1, -0.05) is 0 Å². The summed E-state index contributed by atoms with van der Waals surface area (Å²) in [6.45, 7) is 3.63. The van der Waals surface area contributed by atoms with Gasteiger partial charge in [-0.2, -0.15) is 0 Å². The lowest BCUT2D eigenvalue weighted by Crippen LogP contribution is -2.24. The number of carbonyl (C=O) groups is 1. The van der Waals surface area contributed by atoms with Gasteiger partial charge in [-0.15, -0.1) is 0 Å². The van der Waals surface area contributed by atoms with Crippen LogP contribution in [0.2, 0.25) is 0 Å². The van der Waals surface area contributed by atoms with Crippen molar-refractivity contribution in [1.82, 2.24) is 9.97 Å². The first-order valence-electron chi connectivity index (χ1n) is 4.60. The molecule has 0 amide bonds. The monoisotopic (exact) mass is 224 g/mol. The Morgan fingerprint density at radius 2 is 2.25 bits per heavy atom. The van der Waals surface area contributed by atoms with Crippen molar-refractivity contribution < 1.29 is 9.90 Å². The fourth-order valence-corrected chi connectivity index (χ4v) is 1.10. The molecule has 0 radical (unpaired) electrons. The van der Waals surface area contributed by atoms with Crippen molar-refractivity contribution >= 4 is 18.0 Å². The zero-order chi connectivity index (χ0) is 12.3. The lowest BCUT2D eigenvalue weighted by molar-refractivity contribution is 0.0683. The second kappa shape index (κ2) is 4.56. The molecule has 4 N–H and O–H groups in total. The predicted octanol–water partition coefficient (Wildman–Crippen LogP) is 0.286. The molecule has 7 nitrogen and oxygen atoms in total. The minimum Gasteiger partial charge on any atom is -0.475 e. The summed E-state index contributed by atoms with van der Waals surface area (Å²) in [5, 5.41) is 18.6. The van der Waals surface area contributed by atoms with E-state index < -0.39 is 17.4 Å². The lowest BCUT2D eigenvalue weighted by atomic mass is 10.3. The third-order valence-corrected chi connectivity index (χ3v) is 1.73. The normalized spacial score (nSPS) is 10.2. The summed E-state index contributed by atoms with van der Waals surface area (Å²) >= 11 is 0. The Morgan fingerprint density at radius 3 is 2.69 bits per heavy atom. The van der Waals surface area contributed by atoms with Crippen LogP contribution in [-0.2, 0) is 0 Å².